The SMILES string of the molecule is COc1cc(Cl)cc(C(=O)N([O-])c2ccc(Cl)cn2)c1NC(=O)c1scc(CN(C)CCN(C)C)c1Cl. The Kier molecular flexibility index (Phi) is 10.1. The van der Waals surface area contributed by atoms with Crippen LogP contribution in [-0.4, -0.2) is 67.9 Å². The van der Waals surface area contributed by atoms with Crippen LogP contribution in [0.2, 0.25) is 15.1 Å². The van der Waals surface area contributed by atoms with Crippen LogP contribution < -0.4 is 15.1 Å². The first kappa shape index (κ1) is 29.1. The smallest absolute Gasteiger partial charge is 0.267 e. The predicted octanol–water partition coefficient (Wildman–Crippen LogP) is 5.50. The number of nitrogens with zero attached hydrogens (tertiary/aromatic N) is 4. The minimum absolute atomic E-state index is 0.0224. The van der Waals surface area contributed by atoms with Crippen molar-refractivity contribution in [2.45, 2.75) is 6.54 Å². The number of thiophene rings is 1. The topological polar surface area (TPSA) is 101 Å². The average molecular weight is 586 g/mol. The lowest BCUT2D eigenvalue weighted by atomic mass is 10.1. The van der Waals surface area contributed by atoms with Gasteiger partial charge in [0.2, 0.25) is 0 Å². The highest BCUT2D eigenvalue weighted by atomic mass is 35.5. The van der Waals surface area contributed by atoms with Gasteiger partial charge in [0.05, 0.1) is 28.4 Å². The molecule has 0 aliphatic heterocycles. The Bertz CT molecular complexity index is 1270. The van der Waals surface area contributed by atoms with Gasteiger partial charge in [0.25, 0.3) is 11.8 Å². The quantitative estimate of drug-likeness (QED) is 0.314. The summed E-state index contributed by atoms with van der Waals surface area (Å²) in [6.45, 7) is 2.26. The molecule has 13 heteroatoms. The zero-order valence-electron chi connectivity index (χ0n) is 20.5. The van der Waals surface area contributed by atoms with Crippen molar-refractivity contribution in [1.29, 1.82) is 0 Å². The maximum Gasteiger partial charge on any atom is 0.267 e. The molecule has 0 unspecified atom stereocenters. The minimum atomic E-state index is -1.01. The molecule has 3 aromatic rings. The van der Waals surface area contributed by atoms with E-state index >= 15 is 0 Å². The maximum absolute atomic E-state index is 13.2. The molecule has 9 nitrogen and oxygen atoms in total. The fourth-order valence-corrected chi connectivity index (χ4v) is 4.86. The Morgan fingerprint density at radius 3 is 2.46 bits per heavy atom. The van der Waals surface area contributed by atoms with E-state index in [9.17, 15) is 14.8 Å². The summed E-state index contributed by atoms with van der Waals surface area (Å²) in [5.41, 5.74) is 0.601. The lowest BCUT2D eigenvalue weighted by Crippen LogP contribution is -2.28. The number of carbonyl (C=O) groups excluding carboxylic acids is 2. The molecule has 0 atom stereocenters. The second-order valence-electron chi connectivity index (χ2n) is 8.36. The van der Waals surface area contributed by atoms with Crippen LogP contribution in [0, 0.1) is 5.21 Å². The normalized spacial score (nSPS) is 11.2. The van der Waals surface area contributed by atoms with Crippen LogP contribution in [-0.2, 0) is 6.54 Å². The summed E-state index contributed by atoms with van der Waals surface area (Å²) in [6.07, 6.45) is 1.24. The van der Waals surface area contributed by atoms with E-state index in [1.54, 1.807) is 0 Å². The molecule has 37 heavy (non-hydrogen) atoms. The number of aromatic nitrogens is 1. The van der Waals surface area contributed by atoms with Crippen LogP contribution in [0.5, 0.6) is 5.75 Å². The van der Waals surface area contributed by atoms with E-state index in [0.29, 0.717) is 16.6 Å². The maximum atomic E-state index is 13.2. The molecule has 2 aromatic heterocycles. The standard InChI is InChI=1S/C24H25Cl3N5O4S/c1-30(2)7-8-31(3)12-14-13-37-22(20(14)27)23(33)29-21-17(9-16(26)10-18(21)36-4)24(34)32(35)19-6-5-15(25)11-28-19/h5-6,9-11,13H,7-8,12H2,1-4H3,(H,29,33)/q-1. The summed E-state index contributed by atoms with van der Waals surface area (Å²) in [5, 5.41) is 18.1. The second-order valence-corrected chi connectivity index (χ2v) is 10.5. The largest absolute Gasteiger partial charge is 0.750 e. The molecule has 2 amide bonds. The van der Waals surface area contributed by atoms with E-state index < -0.39 is 11.8 Å². The van der Waals surface area contributed by atoms with Gasteiger partial charge < -0.3 is 30.1 Å². The number of hydrogen-bond donors (Lipinski definition) is 1. The minimum Gasteiger partial charge on any atom is -0.750 e. The summed E-state index contributed by atoms with van der Waals surface area (Å²) in [5.74, 6) is -1.66. The first-order valence-corrected chi connectivity index (χ1v) is 12.9. The zero-order valence-corrected chi connectivity index (χ0v) is 23.6. The molecule has 1 aromatic carbocycles. The van der Waals surface area contributed by atoms with Crippen LogP contribution in [0.3, 0.4) is 0 Å². The summed E-state index contributed by atoms with van der Waals surface area (Å²) in [6, 6.07) is 5.42. The molecule has 0 saturated carbocycles. The van der Waals surface area contributed by atoms with Crippen molar-refractivity contribution in [3.63, 3.8) is 0 Å². The lowest BCUT2D eigenvalue weighted by Gasteiger charge is -2.28. The van der Waals surface area contributed by atoms with Gasteiger partial charge in [0.15, 0.2) is 0 Å². The number of amides is 2. The van der Waals surface area contributed by atoms with Crippen molar-refractivity contribution in [2.75, 3.05) is 51.7 Å². The molecule has 0 saturated heterocycles. The number of nitrogens with one attached hydrogen (secondary N) is 1. The third kappa shape index (κ3) is 7.32. The van der Waals surface area contributed by atoms with E-state index in [2.05, 4.69) is 20.1 Å². The van der Waals surface area contributed by atoms with Gasteiger partial charge in [-0.2, -0.15) is 0 Å². The summed E-state index contributed by atoms with van der Waals surface area (Å²) in [4.78, 5) is 34.7. The predicted molar refractivity (Wildman–Crippen MR) is 150 cm³/mol. The fourth-order valence-electron chi connectivity index (χ4n) is 3.29. The molecular weight excluding hydrogens is 561 g/mol. The second kappa shape index (κ2) is 12.9. The molecule has 0 fully saturated rings. The third-order valence-corrected chi connectivity index (χ3v) is 7.25. The number of hydroxylamine groups is 1. The number of pyridine rings is 1. The number of carbonyl (C=O) groups is 2. The number of halogens is 3. The van der Waals surface area contributed by atoms with E-state index in [4.69, 9.17) is 39.5 Å². The molecule has 198 valence electrons. The van der Waals surface area contributed by atoms with Crippen molar-refractivity contribution >= 4 is 69.5 Å². The number of rotatable bonds is 10. The van der Waals surface area contributed by atoms with Crippen molar-refractivity contribution in [1.82, 2.24) is 14.8 Å². The average Bonchev–Trinajstić information content (AvgIpc) is 3.22. The Balaban J connectivity index is 1.88. The van der Waals surface area contributed by atoms with Crippen LogP contribution in [0.4, 0.5) is 11.5 Å². The molecule has 3 rings (SSSR count). The Hall–Kier alpha value is -2.44. The number of anilines is 2. The molecule has 0 spiro atoms. The highest BCUT2D eigenvalue weighted by Gasteiger charge is 2.24. The van der Waals surface area contributed by atoms with Gasteiger partial charge >= 0.3 is 0 Å². The number of ether oxygens (including phenoxy) is 1. The van der Waals surface area contributed by atoms with Gasteiger partial charge in [-0.05, 0) is 50.3 Å². The van der Waals surface area contributed by atoms with Crippen molar-refractivity contribution in [3.05, 3.63) is 72.1 Å². The molecule has 0 bridgehead atoms. The Labute approximate surface area is 234 Å². The van der Waals surface area contributed by atoms with E-state index in [1.807, 2.05) is 26.5 Å². The van der Waals surface area contributed by atoms with E-state index in [1.165, 1.54) is 48.9 Å². The van der Waals surface area contributed by atoms with Crippen molar-refractivity contribution in [3.8, 4) is 5.75 Å². The monoisotopic (exact) mass is 584 g/mol. The lowest BCUT2D eigenvalue weighted by molar-refractivity contribution is 0.0997. The van der Waals surface area contributed by atoms with Crippen LogP contribution >= 0.6 is 46.1 Å². The van der Waals surface area contributed by atoms with Gasteiger partial charge in [0.1, 0.15) is 16.4 Å². The fraction of sp³-hybridized carbons (Fsp3) is 0.292. The highest BCUT2D eigenvalue weighted by molar-refractivity contribution is 7.13. The number of hydrogen-bond acceptors (Lipinski definition) is 8. The number of benzene rings is 1. The summed E-state index contributed by atoms with van der Waals surface area (Å²) in [7, 11) is 7.31. The highest BCUT2D eigenvalue weighted by Crippen LogP contribution is 2.36. The first-order valence-electron chi connectivity index (χ1n) is 10.9. The molecule has 0 radical (unpaired) electrons. The molecule has 1 N–H and O–H groups in total. The summed E-state index contributed by atoms with van der Waals surface area (Å²) < 4.78 is 5.34. The first-order chi connectivity index (χ1) is 17.5. The van der Waals surface area contributed by atoms with Gasteiger partial charge in [-0.1, -0.05) is 34.8 Å². The summed E-state index contributed by atoms with van der Waals surface area (Å²) >= 11 is 19.7. The van der Waals surface area contributed by atoms with Crippen LogP contribution in [0.1, 0.15) is 25.6 Å². The van der Waals surface area contributed by atoms with Crippen LogP contribution in [0.15, 0.2) is 35.8 Å². The molecule has 2 heterocycles. The zero-order chi connectivity index (χ0) is 27.3. The Morgan fingerprint density at radius 1 is 1.11 bits per heavy atom. The Morgan fingerprint density at radius 2 is 1.84 bits per heavy atom. The van der Waals surface area contributed by atoms with Gasteiger partial charge in [-0.25, -0.2) is 4.98 Å². The van der Waals surface area contributed by atoms with Gasteiger partial charge in [-0.15, -0.1) is 11.3 Å². The van der Waals surface area contributed by atoms with Crippen molar-refractivity contribution in [2.24, 2.45) is 0 Å². The third-order valence-electron chi connectivity index (χ3n) is 5.24. The van der Waals surface area contributed by atoms with Crippen molar-refractivity contribution < 1.29 is 14.3 Å². The molecule has 0 aliphatic carbocycles. The molecular formula is C24H25Cl3N5O4S-. The number of methoxy groups -OCH3 is 1. The van der Waals surface area contributed by atoms with Gasteiger partial charge in [0, 0.05) is 36.9 Å². The van der Waals surface area contributed by atoms with Gasteiger partial charge in [-0.3, -0.25) is 9.59 Å². The van der Waals surface area contributed by atoms with Crippen LogP contribution in [0.25, 0.3) is 0 Å². The number of likely N-dealkylation sites (N-methyl/N-ethyl adjacent to an activating group) is 2. The van der Waals surface area contributed by atoms with E-state index in [0.717, 1.165) is 18.7 Å². The van der Waals surface area contributed by atoms with E-state index in [-0.39, 0.29) is 37.8 Å². The molecule has 0 aliphatic rings.